The Morgan fingerprint density at radius 3 is 2.48 bits per heavy atom. The molecule has 0 radical (unpaired) electrons. The maximum absolute atomic E-state index is 13.8. The Bertz CT molecular complexity index is 814. The molecule has 1 amide bonds. The van der Waals surface area contributed by atoms with Crippen molar-refractivity contribution in [2.45, 2.75) is 51.5 Å². The van der Waals surface area contributed by atoms with E-state index in [0.29, 0.717) is 0 Å². The Balaban J connectivity index is 1.35. The Morgan fingerprint density at radius 1 is 1.28 bits per heavy atom. The minimum Gasteiger partial charge on any atom is -0.352 e. The summed E-state index contributed by atoms with van der Waals surface area (Å²) >= 11 is 1.11. The molecule has 1 aromatic rings. The molecular weight excluding hydrogens is 387 g/mol. The van der Waals surface area contributed by atoms with Crippen molar-refractivity contribution in [3.63, 3.8) is 0 Å². The second-order valence-electron chi connectivity index (χ2n) is 8.96. The maximum Gasteiger partial charge on any atom is 0.230 e. The molecule has 4 fully saturated rings. The molecular formula is C22H27FN4OS. The molecule has 5 nitrogen and oxygen atoms in total. The van der Waals surface area contributed by atoms with E-state index in [2.05, 4.69) is 22.5 Å². The van der Waals surface area contributed by atoms with Crippen LogP contribution in [0.5, 0.6) is 0 Å². The van der Waals surface area contributed by atoms with Crippen molar-refractivity contribution >= 4 is 28.5 Å². The van der Waals surface area contributed by atoms with Crippen LogP contribution >= 0.6 is 11.8 Å². The van der Waals surface area contributed by atoms with Crippen LogP contribution in [0.1, 0.15) is 45.4 Å². The summed E-state index contributed by atoms with van der Waals surface area (Å²) in [5, 5.41) is 14.8. The number of nitrogens with zero attached hydrogens (tertiary/aromatic N) is 2. The average Bonchev–Trinajstić information content (AvgIpc) is 2.67. The number of halogens is 1. The van der Waals surface area contributed by atoms with Gasteiger partial charge in [0.2, 0.25) is 5.91 Å². The van der Waals surface area contributed by atoms with E-state index in [1.54, 1.807) is 18.3 Å². The van der Waals surface area contributed by atoms with Crippen molar-refractivity contribution in [3.05, 3.63) is 30.1 Å². The molecule has 0 saturated heterocycles. The Hall–Kier alpha value is -2.07. The minimum atomic E-state index is -0.467. The monoisotopic (exact) mass is 414 g/mol. The van der Waals surface area contributed by atoms with Crippen LogP contribution in [0.25, 0.3) is 0 Å². The van der Waals surface area contributed by atoms with E-state index in [9.17, 15) is 9.18 Å². The van der Waals surface area contributed by atoms with E-state index in [1.165, 1.54) is 50.7 Å². The summed E-state index contributed by atoms with van der Waals surface area (Å²) < 4.78 is 13.8. The maximum atomic E-state index is 13.8. The third kappa shape index (κ3) is 4.42. The molecule has 4 aliphatic rings. The molecule has 0 heterocycles. The molecule has 154 valence electrons. The van der Waals surface area contributed by atoms with E-state index < -0.39 is 5.82 Å². The van der Waals surface area contributed by atoms with Gasteiger partial charge in [0.1, 0.15) is 11.5 Å². The summed E-state index contributed by atoms with van der Waals surface area (Å²) in [7, 11) is 0. The first-order valence-electron chi connectivity index (χ1n) is 10.4. The lowest BCUT2D eigenvalue weighted by Gasteiger charge is -2.59. The van der Waals surface area contributed by atoms with Crippen LogP contribution < -0.4 is 10.6 Å². The van der Waals surface area contributed by atoms with E-state index >= 15 is 0 Å². The van der Waals surface area contributed by atoms with Crippen molar-refractivity contribution in [1.29, 1.82) is 5.26 Å². The number of thioether (sulfide) groups is 1. The van der Waals surface area contributed by atoms with Crippen molar-refractivity contribution in [1.82, 2.24) is 10.6 Å². The number of carbonyl (C=O) groups is 1. The highest BCUT2D eigenvalue weighted by Gasteiger charge is 2.53. The Morgan fingerprint density at radius 2 is 1.90 bits per heavy atom. The summed E-state index contributed by atoms with van der Waals surface area (Å²) in [4.78, 5) is 16.7. The first kappa shape index (κ1) is 20.2. The number of rotatable bonds is 5. The number of para-hydroxylation sites is 1. The zero-order chi connectivity index (χ0) is 20.4. The van der Waals surface area contributed by atoms with Crippen LogP contribution in [-0.2, 0) is 4.79 Å². The highest BCUT2D eigenvalue weighted by atomic mass is 32.2. The van der Waals surface area contributed by atoms with Crippen LogP contribution in [0.4, 0.5) is 10.1 Å². The van der Waals surface area contributed by atoms with Crippen molar-refractivity contribution in [2.75, 3.05) is 5.75 Å². The summed E-state index contributed by atoms with van der Waals surface area (Å²) in [5.41, 5.74) is 0.393. The molecule has 2 N–H and O–H groups in total. The lowest BCUT2D eigenvalue weighted by molar-refractivity contribution is -0.123. The van der Waals surface area contributed by atoms with Gasteiger partial charge in [0.05, 0.1) is 5.75 Å². The number of amidine groups is 1. The average molecular weight is 415 g/mol. The fraction of sp³-hybridized carbons (Fsp3) is 0.591. The Kier molecular flexibility index (Phi) is 5.82. The third-order valence-electron chi connectivity index (χ3n) is 6.96. The quantitative estimate of drug-likeness (QED) is 0.325. The molecule has 4 saturated carbocycles. The standard InChI is InChI=1S/C22H27FN4OS/c1-14(22-9-15-6-16(10-22)8-17(7-15)11-22)26-20(28)12-29-21(25-13-24)27-19-5-3-2-4-18(19)23/h2-5,14-17H,6-12H2,1H3,(H,25,27)(H,26,28)/t14-,15?,16?,17?,22?/m0/s1. The van der Waals surface area contributed by atoms with Gasteiger partial charge in [-0.25, -0.2) is 9.38 Å². The van der Waals surface area contributed by atoms with Gasteiger partial charge in [-0.2, -0.15) is 5.26 Å². The molecule has 5 rings (SSSR count). The predicted octanol–water partition coefficient (Wildman–Crippen LogP) is 4.34. The highest BCUT2D eigenvalue weighted by molar-refractivity contribution is 8.14. The SMILES string of the molecule is C[C@H](NC(=O)CSC(=Nc1ccccc1F)NC#N)C12CC3CC(CC(C3)C1)C2. The second kappa shape index (κ2) is 8.35. The zero-order valence-electron chi connectivity index (χ0n) is 16.7. The molecule has 4 aliphatic carbocycles. The molecule has 0 aromatic heterocycles. The summed E-state index contributed by atoms with van der Waals surface area (Å²) in [6.07, 6.45) is 9.67. The summed E-state index contributed by atoms with van der Waals surface area (Å²) in [5.74, 6) is 2.13. The number of benzene rings is 1. The van der Waals surface area contributed by atoms with Gasteiger partial charge in [-0.15, -0.1) is 0 Å². The number of hydrogen-bond acceptors (Lipinski definition) is 4. The van der Waals surface area contributed by atoms with Gasteiger partial charge in [-0.3, -0.25) is 10.1 Å². The van der Waals surface area contributed by atoms with Gasteiger partial charge in [0.25, 0.3) is 0 Å². The molecule has 0 spiro atoms. The van der Waals surface area contributed by atoms with Gasteiger partial charge in [0, 0.05) is 6.04 Å². The normalized spacial score (nSPS) is 31.2. The fourth-order valence-electron chi connectivity index (χ4n) is 6.07. The summed E-state index contributed by atoms with van der Waals surface area (Å²) in [6, 6.07) is 6.26. The van der Waals surface area contributed by atoms with Gasteiger partial charge in [-0.1, -0.05) is 23.9 Å². The third-order valence-corrected chi connectivity index (χ3v) is 7.83. The van der Waals surface area contributed by atoms with Crippen LogP contribution in [0.3, 0.4) is 0 Å². The number of aliphatic imine (C=N–C) groups is 1. The van der Waals surface area contributed by atoms with Crippen molar-refractivity contribution in [3.8, 4) is 6.19 Å². The van der Waals surface area contributed by atoms with Crippen molar-refractivity contribution < 1.29 is 9.18 Å². The van der Waals surface area contributed by atoms with Crippen molar-refractivity contribution in [2.24, 2.45) is 28.2 Å². The van der Waals surface area contributed by atoms with E-state index in [4.69, 9.17) is 5.26 Å². The number of nitriles is 1. The molecule has 1 aromatic carbocycles. The number of hydrogen-bond donors (Lipinski definition) is 2. The molecule has 7 heteroatoms. The lowest BCUT2D eigenvalue weighted by atomic mass is 9.48. The topological polar surface area (TPSA) is 77.3 Å². The number of carbonyl (C=O) groups excluding carboxylic acids is 1. The van der Waals surface area contributed by atoms with E-state index in [1.807, 2.05) is 0 Å². The van der Waals surface area contributed by atoms with Crippen LogP contribution in [0.15, 0.2) is 29.3 Å². The predicted molar refractivity (Wildman–Crippen MR) is 113 cm³/mol. The van der Waals surface area contributed by atoms with Gasteiger partial charge in [0.15, 0.2) is 11.4 Å². The highest BCUT2D eigenvalue weighted by Crippen LogP contribution is 2.61. The fourth-order valence-corrected chi connectivity index (χ4v) is 6.71. The van der Waals surface area contributed by atoms with Gasteiger partial charge < -0.3 is 5.32 Å². The molecule has 0 aliphatic heterocycles. The van der Waals surface area contributed by atoms with Crippen LogP contribution in [0, 0.1) is 40.4 Å². The summed E-state index contributed by atoms with van der Waals surface area (Å²) in [6.45, 7) is 2.15. The largest absolute Gasteiger partial charge is 0.352 e. The van der Waals surface area contributed by atoms with E-state index in [-0.39, 0.29) is 34.0 Å². The first-order valence-corrected chi connectivity index (χ1v) is 11.4. The number of nitrogens with one attached hydrogen (secondary N) is 2. The van der Waals surface area contributed by atoms with Gasteiger partial charge >= 0.3 is 0 Å². The first-order chi connectivity index (χ1) is 14.0. The van der Waals surface area contributed by atoms with Crippen LogP contribution in [0.2, 0.25) is 0 Å². The Labute approximate surface area is 175 Å². The second-order valence-corrected chi connectivity index (χ2v) is 9.93. The molecule has 4 bridgehead atoms. The molecule has 0 unspecified atom stereocenters. The molecule has 29 heavy (non-hydrogen) atoms. The lowest BCUT2D eigenvalue weighted by Crippen LogP contribution is -2.56. The van der Waals surface area contributed by atoms with Crippen LogP contribution in [-0.4, -0.2) is 22.9 Å². The number of amides is 1. The smallest absolute Gasteiger partial charge is 0.230 e. The van der Waals surface area contributed by atoms with E-state index in [0.717, 1.165) is 29.5 Å². The minimum absolute atomic E-state index is 0.0702. The zero-order valence-corrected chi connectivity index (χ0v) is 17.5. The van der Waals surface area contributed by atoms with Gasteiger partial charge in [-0.05, 0) is 80.8 Å². The molecule has 1 atom stereocenters.